The van der Waals surface area contributed by atoms with Gasteiger partial charge < -0.3 is 15.5 Å². The van der Waals surface area contributed by atoms with Crippen molar-refractivity contribution in [3.63, 3.8) is 0 Å². The molecule has 0 aliphatic carbocycles. The van der Waals surface area contributed by atoms with Crippen molar-refractivity contribution in [3.05, 3.63) is 59.3 Å². The van der Waals surface area contributed by atoms with Crippen LogP contribution < -0.4 is 5.32 Å². The van der Waals surface area contributed by atoms with Crippen molar-refractivity contribution in [3.8, 4) is 0 Å². The Bertz CT molecular complexity index is 638. The number of carbonyl (C=O) groups excluding carboxylic acids is 1. The Morgan fingerprint density at radius 2 is 1.85 bits per heavy atom. The number of aromatic nitrogens is 1. The number of aliphatic hydroxyl groups is 1. The van der Waals surface area contributed by atoms with Crippen LogP contribution in [0.3, 0.4) is 0 Å². The minimum atomic E-state index is -1.16. The van der Waals surface area contributed by atoms with Crippen LogP contribution in [-0.4, -0.2) is 27.1 Å². The largest absolute Gasteiger partial charge is 0.478 e. The van der Waals surface area contributed by atoms with Crippen molar-refractivity contribution in [2.45, 2.75) is 6.61 Å². The summed E-state index contributed by atoms with van der Waals surface area (Å²) in [6.07, 6.45) is 1.40. The Balaban J connectivity index is 2.21. The number of benzene rings is 1. The lowest BCUT2D eigenvalue weighted by Crippen LogP contribution is -2.16. The van der Waals surface area contributed by atoms with E-state index in [4.69, 9.17) is 10.2 Å². The van der Waals surface area contributed by atoms with Crippen LogP contribution in [-0.2, 0) is 6.61 Å². The molecule has 6 heteroatoms. The van der Waals surface area contributed by atoms with Crippen molar-refractivity contribution in [2.75, 3.05) is 5.32 Å². The molecule has 0 aliphatic rings. The molecule has 2 rings (SSSR count). The van der Waals surface area contributed by atoms with Crippen LogP contribution in [0.2, 0.25) is 0 Å². The first-order chi connectivity index (χ1) is 9.61. The van der Waals surface area contributed by atoms with Crippen LogP contribution in [0.15, 0.2) is 42.6 Å². The van der Waals surface area contributed by atoms with E-state index in [-0.39, 0.29) is 18.0 Å². The number of anilines is 1. The molecule has 0 unspecified atom stereocenters. The first kappa shape index (κ1) is 13.7. The zero-order chi connectivity index (χ0) is 14.5. The Hall–Kier alpha value is -2.73. The van der Waals surface area contributed by atoms with Crippen LogP contribution in [0.1, 0.15) is 26.3 Å². The van der Waals surface area contributed by atoms with E-state index in [9.17, 15) is 9.59 Å². The van der Waals surface area contributed by atoms with E-state index < -0.39 is 11.9 Å². The summed E-state index contributed by atoms with van der Waals surface area (Å²) in [6, 6.07) is 9.17. The molecule has 102 valence electrons. The average molecular weight is 272 g/mol. The quantitative estimate of drug-likeness (QED) is 0.783. The van der Waals surface area contributed by atoms with E-state index >= 15 is 0 Å². The van der Waals surface area contributed by atoms with E-state index in [2.05, 4.69) is 10.3 Å². The van der Waals surface area contributed by atoms with Gasteiger partial charge in [0.2, 0.25) is 0 Å². The Morgan fingerprint density at radius 1 is 1.15 bits per heavy atom. The van der Waals surface area contributed by atoms with Gasteiger partial charge in [-0.05, 0) is 29.8 Å². The molecule has 0 saturated carbocycles. The number of carboxylic acids is 1. The summed E-state index contributed by atoms with van der Waals surface area (Å²) in [7, 11) is 0. The molecule has 1 aromatic carbocycles. The summed E-state index contributed by atoms with van der Waals surface area (Å²) in [5, 5.41) is 20.4. The van der Waals surface area contributed by atoms with E-state index in [0.29, 0.717) is 11.1 Å². The number of carbonyl (C=O) groups is 2. The van der Waals surface area contributed by atoms with Crippen molar-refractivity contribution < 1.29 is 19.8 Å². The minimum Gasteiger partial charge on any atom is -0.478 e. The normalized spacial score (nSPS) is 10.1. The number of hydrogen-bond donors (Lipinski definition) is 3. The Kier molecular flexibility index (Phi) is 4.07. The second-order valence-electron chi connectivity index (χ2n) is 4.01. The van der Waals surface area contributed by atoms with Gasteiger partial charge in [0.1, 0.15) is 11.4 Å². The smallest absolute Gasteiger partial charge is 0.339 e. The molecule has 0 saturated heterocycles. The van der Waals surface area contributed by atoms with E-state index in [0.717, 1.165) is 0 Å². The number of pyridine rings is 1. The highest BCUT2D eigenvalue weighted by atomic mass is 16.4. The lowest BCUT2D eigenvalue weighted by atomic mass is 10.1. The number of aliphatic hydroxyl groups excluding tert-OH is 1. The molecule has 0 spiro atoms. The maximum absolute atomic E-state index is 12.0. The van der Waals surface area contributed by atoms with Crippen molar-refractivity contribution >= 4 is 17.7 Å². The zero-order valence-corrected chi connectivity index (χ0v) is 10.4. The average Bonchev–Trinajstić information content (AvgIpc) is 2.47. The van der Waals surface area contributed by atoms with Crippen molar-refractivity contribution in [1.29, 1.82) is 0 Å². The second-order valence-corrected chi connectivity index (χ2v) is 4.01. The molecule has 0 radical (unpaired) electrons. The molecule has 2 aromatic rings. The molecule has 0 fully saturated rings. The number of rotatable bonds is 4. The summed E-state index contributed by atoms with van der Waals surface area (Å²) in [5.74, 6) is -1.63. The van der Waals surface area contributed by atoms with Gasteiger partial charge in [-0.1, -0.05) is 12.1 Å². The van der Waals surface area contributed by atoms with Crippen LogP contribution in [0.25, 0.3) is 0 Å². The summed E-state index contributed by atoms with van der Waals surface area (Å²) >= 11 is 0. The van der Waals surface area contributed by atoms with E-state index in [1.54, 1.807) is 24.3 Å². The zero-order valence-electron chi connectivity index (χ0n) is 10.4. The number of amides is 1. The van der Waals surface area contributed by atoms with Gasteiger partial charge in [-0.3, -0.25) is 4.79 Å². The van der Waals surface area contributed by atoms with Crippen LogP contribution in [0.5, 0.6) is 0 Å². The second kappa shape index (κ2) is 5.94. The van der Waals surface area contributed by atoms with Gasteiger partial charge in [0.15, 0.2) is 0 Å². The molecule has 1 heterocycles. The maximum atomic E-state index is 12.0. The van der Waals surface area contributed by atoms with Crippen LogP contribution >= 0.6 is 0 Å². The summed E-state index contributed by atoms with van der Waals surface area (Å²) < 4.78 is 0. The van der Waals surface area contributed by atoms with Gasteiger partial charge >= 0.3 is 5.97 Å². The van der Waals surface area contributed by atoms with Gasteiger partial charge in [-0.15, -0.1) is 0 Å². The molecule has 0 bridgehead atoms. The first-order valence-corrected chi connectivity index (χ1v) is 5.81. The molecular weight excluding hydrogens is 260 g/mol. The number of nitrogens with one attached hydrogen (secondary N) is 1. The monoisotopic (exact) mass is 272 g/mol. The highest BCUT2D eigenvalue weighted by Gasteiger charge is 2.14. The Morgan fingerprint density at radius 3 is 2.45 bits per heavy atom. The lowest BCUT2D eigenvalue weighted by Gasteiger charge is -2.07. The fourth-order valence-electron chi connectivity index (χ4n) is 1.62. The van der Waals surface area contributed by atoms with Gasteiger partial charge in [0.05, 0.1) is 6.61 Å². The predicted molar refractivity (Wildman–Crippen MR) is 71.5 cm³/mol. The lowest BCUT2D eigenvalue weighted by molar-refractivity contribution is 0.0697. The molecular formula is C14H12N2O4. The molecule has 1 amide bonds. The molecule has 0 aliphatic heterocycles. The van der Waals surface area contributed by atoms with Crippen molar-refractivity contribution in [2.24, 2.45) is 0 Å². The molecule has 0 atom stereocenters. The SMILES string of the molecule is O=C(Nc1ncccc1C(=O)O)c1ccc(CO)cc1. The molecule has 20 heavy (non-hydrogen) atoms. The summed E-state index contributed by atoms with van der Waals surface area (Å²) in [6.45, 7) is -0.106. The summed E-state index contributed by atoms with van der Waals surface area (Å²) in [4.78, 5) is 26.8. The number of aromatic carboxylic acids is 1. The van der Waals surface area contributed by atoms with E-state index in [1.807, 2.05) is 0 Å². The highest BCUT2D eigenvalue weighted by molar-refractivity contribution is 6.06. The van der Waals surface area contributed by atoms with Crippen LogP contribution in [0.4, 0.5) is 5.82 Å². The highest BCUT2D eigenvalue weighted by Crippen LogP contribution is 2.13. The topological polar surface area (TPSA) is 99.5 Å². The standard InChI is InChI=1S/C14H12N2O4/c17-8-9-3-5-10(6-4-9)13(18)16-12-11(14(19)20)2-1-7-15-12/h1-7,17H,8H2,(H,19,20)(H,15,16,18). The van der Waals surface area contributed by atoms with Gasteiger partial charge in [-0.25, -0.2) is 9.78 Å². The van der Waals surface area contributed by atoms with Gasteiger partial charge in [0.25, 0.3) is 5.91 Å². The van der Waals surface area contributed by atoms with Crippen molar-refractivity contribution in [1.82, 2.24) is 4.98 Å². The third kappa shape index (κ3) is 2.99. The van der Waals surface area contributed by atoms with Crippen LogP contribution in [0, 0.1) is 0 Å². The fourth-order valence-corrected chi connectivity index (χ4v) is 1.62. The first-order valence-electron chi connectivity index (χ1n) is 5.81. The maximum Gasteiger partial charge on any atom is 0.339 e. The van der Waals surface area contributed by atoms with Gasteiger partial charge in [0, 0.05) is 11.8 Å². The minimum absolute atomic E-state index is 0.00349. The molecule has 3 N–H and O–H groups in total. The fraction of sp³-hybridized carbons (Fsp3) is 0.0714. The third-order valence-electron chi connectivity index (χ3n) is 2.67. The third-order valence-corrected chi connectivity index (χ3v) is 2.67. The molecule has 6 nitrogen and oxygen atoms in total. The van der Waals surface area contributed by atoms with E-state index in [1.165, 1.54) is 18.3 Å². The number of nitrogens with zero attached hydrogens (tertiary/aromatic N) is 1. The summed E-state index contributed by atoms with van der Waals surface area (Å²) in [5.41, 5.74) is 0.961. The predicted octanol–water partition coefficient (Wildman–Crippen LogP) is 1.52. The number of hydrogen-bond acceptors (Lipinski definition) is 4. The van der Waals surface area contributed by atoms with Gasteiger partial charge in [-0.2, -0.15) is 0 Å². The number of carboxylic acid groups (broad SMARTS) is 1. The Labute approximate surface area is 114 Å². The molecule has 1 aromatic heterocycles.